The third kappa shape index (κ3) is 3.17. The van der Waals surface area contributed by atoms with Gasteiger partial charge in [0.05, 0.1) is 12.1 Å². The highest BCUT2D eigenvalue weighted by Crippen LogP contribution is 2.31. The van der Waals surface area contributed by atoms with Gasteiger partial charge in [-0.05, 0) is 45.5 Å². The number of para-hydroxylation sites is 1. The lowest BCUT2D eigenvalue weighted by molar-refractivity contribution is 0.238. The zero-order valence-electron chi connectivity index (χ0n) is 12.6. The highest BCUT2D eigenvalue weighted by Gasteiger charge is 2.18. The van der Waals surface area contributed by atoms with Crippen LogP contribution < -0.4 is 10.1 Å². The van der Waals surface area contributed by atoms with Gasteiger partial charge in [-0.3, -0.25) is 4.98 Å². The predicted octanol–water partition coefficient (Wildman–Crippen LogP) is 3.49. The molecule has 1 heterocycles. The second kappa shape index (κ2) is 6.53. The molecule has 0 saturated carbocycles. The predicted molar refractivity (Wildman–Crippen MR) is 82.1 cm³/mol. The van der Waals surface area contributed by atoms with Crippen LogP contribution in [0.4, 0.5) is 0 Å². The molecule has 0 spiro atoms. The lowest BCUT2D eigenvalue weighted by Crippen LogP contribution is -2.20. The Kier molecular flexibility index (Phi) is 4.74. The van der Waals surface area contributed by atoms with E-state index in [4.69, 9.17) is 4.74 Å². The van der Waals surface area contributed by atoms with Gasteiger partial charge in [-0.1, -0.05) is 24.3 Å². The fourth-order valence-electron chi connectivity index (χ4n) is 2.36. The van der Waals surface area contributed by atoms with Crippen molar-refractivity contribution in [2.45, 2.75) is 32.9 Å². The Morgan fingerprint density at radius 3 is 2.40 bits per heavy atom. The number of aromatic nitrogens is 1. The number of aryl methyl sites for hydroxylation is 1. The van der Waals surface area contributed by atoms with Crippen molar-refractivity contribution in [3.05, 3.63) is 59.4 Å². The molecule has 0 saturated heterocycles. The van der Waals surface area contributed by atoms with Crippen LogP contribution in [0.5, 0.6) is 5.75 Å². The molecule has 2 rings (SSSR count). The third-order valence-electron chi connectivity index (χ3n) is 3.24. The molecule has 1 N–H and O–H groups in total. The summed E-state index contributed by atoms with van der Waals surface area (Å²) in [5, 5.41) is 3.37. The average Bonchev–Trinajstić information content (AvgIpc) is 2.43. The van der Waals surface area contributed by atoms with Crippen LogP contribution in [0.25, 0.3) is 0 Å². The van der Waals surface area contributed by atoms with Gasteiger partial charge in [0, 0.05) is 17.5 Å². The summed E-state index contributed by atoms with van der Waals surface area (Å²) in [4.78, 5) is 4.38. The molecule has 0 bridgehead atoms. The molecule has 0 radical (unpaired) electrons. The summed E-state index contributed by atoms with van der Waals surface area (Å²) in [6.07, 6.45) is 1.98. The van der Waals surface area contributed by atoms with Crippen molar-refractivity contribution in [2.24, 2.45) is 0 Å². The van der Waals surface area contributed by atoms with Crippen LogP contribution in [0.15, 0.2) is 42.6 Å². The van der Waals surface area contributed by atoms with Gasteiger partial charge in [-0.25, -0.2) is 0 Å². The molecule has 0 aliphatic rings. The SMILES string of the molecule is CNC(c1ccccc1OC(C)C)c1cccnc1C. The van der Waals surface area contributed by atoms with E-state index < -0.39 is 0 Å². The van der Waals surface area contributed by atoms with Crippen LogP contribution in [0.2, 0.25) is 0 Å². The van der Waals surface area contributed by atoms with E-state index in [0.29, 0.717) is 0 Å². The zero-order valence-corrected chi connectivity index (χ0v) is 12.6. The summed E-state index contributed by atoms with van der Waals surface area (Å²) in [7, 11) is 1.96. The van der Waals surface area contributed by atoms with Crippen molar-refractivity contribution in [1.29, 1.82) is 0 Å². The quantitative estimate of drug-likeness (QED) is 0.903. The van der Waals surface area contributed by atoms with Crippen molar-refractivity contribution in [3.8, 4) is 5.75 Å². The largest absolute Gasteiger partial charge is 0.491 e. The number of rotatable bonds is 5. The van der Waals surface area contributed by atoms with E-state index in [1.807, 2.05) is 58.3 Å². The van der Waals surface area contributed by atoms with Crippen molar-refractivity contribution in [1.82, 2.24) is 10.3 Å². The molecule has 1 aromatic carbocycles. The summed E-state index contributed by atoms with van der Waals surface area (Å²) < 4.78 is 5.93. The van der Waals surface area contributed by atoms with E-state index in [1.54, 1.807) is 0 Å². The number of pyridine rings is 1. The van der Waals surface area contributed by atoms with Gasteiger partial charge >= 0.3 is 0 Å². The topological polar surface area (TPSA) is 34.1 Å². The van der Waals surface area contributed by atoms with Gasteiger partial charge in [0.1, 0.15) is 5.75 Å². The summed E-state index contributed by atoms with van der Waals surface area (Å²) >= 11 is 0. The minimum atomic E-state index is 0.0821. The fraction of sp³-hybridized carbons (Fsp3) is 0.353. The Hall–Kier alpha value is -1.87. The minimum Gasteiger partial charge on any atom is -0.491 e. The fourth-order valence-corrected chi connectivity index (χ4v) is 2.36. The number of nitrogens with one attached hydrogen (secondary N) is 1. The number of hydrogen-bond donors (Lipinski definition) is 1. The van der Waals surface area contributed by atoms with Crippen LogP contribution in [0.1, 0.15) is 36.7 Å². The van der Waals surface area contributed by atoms with Gasteiger partial charge < -0.3 is 10.1 Å². The maximum Gasteiger partial charge on any atom is 0.124 e. The Bertz CT molecular complexity index is 566. The lowest BCUT2D eigenvalue weighted by Gasteiger charge is -2.22. The normalized spacial score (nSPS) is 12.4. The molecular weight excluding hydrogens is 248 g/mol. The summed E-state index contributed by atoms with van der Waals surface area (Å²) in [6.45, 7) is 6.12. The second-order valence-electron chi connectivity index (χ2n) is 5.10. The van der Waals surface area contributed by atoms with Gasteiger partial charge in [0.2, 0.25) is 0 Å². The van der Waals surface area contributed by atoms with E-state index in [2.05, 4.69) is 22.4 Å². The first kappa shape index (κ1) is 14.5. The molecule has 3 heteroatoms. The van der Waals surface area contributed by atoms with Crippen molar-refractivity contribution in [2.75, 3.05) is 7.05 Å². The molecule has 20 heavy (non-hydrogen) atoms. The minimum absolute atomic E-state index is 0.0821. The molecule has 3 nitrogen and oxygen atoms in total. The number of hydrogen-bond acceptors (Lipinski definition) is 3. The maximum atomic E-state index is 5.93. The molecule has 0 aliphatic carbocycles. The average molecular weight is 270 g/mol. The Labute approximate surface area is 121 Å². The second-order valence-corrected chi connectivity index (χ2v) is 5.10. The van der Waals surface area contributed by atoms with Crippen molar-refractivity contribution in [3.63, 3.8) is 0 Å². The van der Waals surface area contributed by atoms with Gasteiger partial charge in [-0.15, -0.1) is 0 Å². The van der Waals surface area contributed by atoms with Crippen LogP contribution >= 0.6 is 0 Å². The van der Waals surface area contributed by atoms with Gasteiger partial charge in [0.25, 0.3) is 0 Å². The zero-order chi connectivity index (χ0) is 14.5. The molecule has 0 fully saturated rings. The van der Waals surface area contributed by atoms with Crippen LogP contribution in [-0.4, -0.2) is 18.1 Å². The van der Waals surface area contributed by atoms with Crippen LogP contribution in [0.3, 0.4) is 0 Å². The van der Waals surface area contributed by atoms with E-state index in [-0.39, 0.29) is 12.1 Å². The Morgan fingerprint density at radius 2 is 1.75 bits per heavy atom. The van der Waals surface area contributed by atoms with E-state index >= 15 is 0 Å². The molecular formula is C17H22N2O. The first-order valence-corrected chi connectivity index (χ1v) is 6.98. The molecule has 0 aliphatic heterocycles. The van der Waals surface area contributed by atoms with E-state index in [0.717, 1.165) is 17.0 Å². The molecule has 1 aromatic heterocycles. The molecule has 106 valence electrons. The Balaban J connectivity index is 2.45. The van der Waals surface area contributed by atoms with Gasteiger partial charge in [0.15, 0.2) is 0 Å². The van der Waals surface area contributed by atoms with Crippen LogP contribution in [0, 0.1) is 6.92 Å². The molecule has 0 amide bonds. The smallest absolute Gasteiger partial charge is 0.124 e. The standard InChI is InChI=1S/C17H22N2O/c1-12(2)20-16-10-6-5-8-15(16)17(18-4)14-9-7-11-19-13(14)3/h5-12,17-18H,1-4H3. The number of nitrogens with zero attached hydrogens (tertiary/aromatic N) is 1. The van der Waals surface area contributed by atoms with E-state index in [9.17, 15) is 0 Å². The van der Waals surface area contributed by atoms with E-state index in [1.165, 1.54) is 5.56 Å². The molecule has 1 atom stereocenters. The Morgan fingerprint density at radius 1 is 1.05 bits per heavy atom. The monoisotopic (exact) mass is 270 g/mol. The summed E-state index contributed by atoms with van der Waals surface area (Å²) in [5.41, 5.74) is 3.35. The number of ether oxygens (including phenoxy) is 1. The summed E-state index contributed by atoms with van der Waals surface area (Å²) in [5.74, 6) is 0.921. The van der Waals surface area contributed by atoms with Crippen LogP contribution in [-0.2, 0) is 0 Å². The lowest BCUT2D eigenvalue weighted by atomic mass is 9.97. The van der Waals surface area contributed by atoms with Crippen molar-refractivity contribution >= 4 is 0 Å². The third-order valence-corrected chi connectivity index (χ3v) is 3.24. The first-order valence-electron chi connectivity index (χ1n) is 6.98. The van der Waals surface area contributed by atoms with Gasteiger partial charge in [-0.2, -0.15) is 0 Å². The molecule has 1 unspecified atom stereocenters. The summed E-state index contributed by atoms with van der Waals surface area (Å²) in [6, 6.07) is 12.3. The highest BCUT2D eigenvalue weighted by atomic mass is 16.5. The molecule has 2 aromatic rings. The highest BCUT2D eigenvalue weighted by molar-refractivity contribution is 5.42. The number of benzene rings is 1. The maximum absolute atomic E-state index is 5.93. The van der Waals surface area contributed by atoms with Crippen molar-refractivity contribution < 1.29 is 4.74 Å². The first-order chi connectivity index (χ1) is 9.63.